The lowest BCUT2D eigenvalue weighted by Gasteiger charge is -1.95. The predicted octanol–water partition coefficient (Wildman–Crippen LogP) is 2.18. The molecular formula is C10H12FN3. The smallest absolute Gasteiger partial charge is 0.151 e. The van der Waals surface area contributed by atoms with Gasteiger partial charge < -0.3 is 5.73 Å². The molecule has 0 aliphatic carbocycles. The van der Waals surface area contributed by atoms with Gasteiger partial charge in [-0.15, -0.1) is 0 Å². The number of hydrogen-bond donors (Lipinski definition) is 1. The fourth-order valence-electron chi connectivity index (χ4n) is 0.709. The minimum absolute atomic E-state index is 0.369. The van der Waals surface area contributed by atoms with Gasteiger partial charge in [0, 0.05) is 11.9 Å². The van der Waals surface area contributed by atoms with Crippen LogP contribution in [0.25, 0.3) is 0 Å². The van der Waals surface area contributed by atoms with Crippen molar-refractivity contribution in [2.24, 2.45) is 10.7 Å². The monoisotopic (exact) mass is 193 g/mol. The van der Waals surface area contributed by atoms with E-state index in [0.29, 0.717) is 11.5 Å². The number of aromatic nitrogens is 1. The molecule has 0 aromatic carbocycles. The summed E-state index contributed by atoms with van der Waals surface area (Å²) >= 11 is 0. The second kappa shape index (κ2) is 4.50. The number of rotatable bonds is 2. The van der Waals surface area contributed by atoms with Crippen molar-refractivity contribution < 1.29 is 4.39 Å². The van der Waals surface area contributed by atoms with Crippen molar-refractivity contribution in [2.75, 3.05) is 0 Å². The third-order valence-corrected chi connectivity index (χ3v) is 1.72. The number of pyridine rings is 1. The van der Waals surface area contributed by atoms with Crippen LogP contribution in [0, 0.1) is 5.82 Å². The van der Waals surface area contributed by atoms with Crippen molar-refractivity contribution in [1.82, 2.24) is 4.98 Å². The minimum atomic E-state index is -0.369. The maximum atomic E-state index is 12.5. The molecular weight excluding hydrogens is 181 g/mol. The van der Waals surface area contributed by atoms with Gasteiger partial charge in [-0.1, -0.05) is 0 Å². The molecule has 14 heavy (non-hydrogen) atoms. The highest BCUT2D eigenvalue weighted by Crippen LogP contribution is 2.07. The molecule has 0 bridgehead atoms. The number of aliphatic imine (C=N–C) groups is 1. The van der Waals surface area contributed by atoms with Gasteiger partial charge in [0.05, 0.1) is 6.20 Å². The molecule has 0 unspecified atom stereocenters. The Labute approximate surface area is 82.2 Å². The maximum Gasteiger partial charge on any atom is 0.151 e. The van der Waals surface area contributed by atoms with Crippen LogP contribution in [0.4, 0.5) is 10.2 Å². The summed E-state index contributed by atoms with van der Waals surface area (Å²) in [5.41, 5.74) is 7.11. The standard InChI is InChI=1S/C10H12FN3/c1-7(8(2)12)5-13-10-4-3-9(11)6-14-10/h3-6H,12H2,1-2H3. The third-order valence-electron chi connectivity index (χ3n) is 1.72. The van der Waals surface area contributed by atoms with E-state index >= 15 is 0 Å². The zero-order chi connectivity index (χ0) is 10.6. The highest BCUT2D eigenvalue weighted by Gasteiger charge is 1.92. The fourth-order valence-corrected chi connectivity index (χ4v) is 0.709. The molecule has 3 nitrogen and oxygen atoms in total. The SMILES string of the molecule is CC(N)=C(C)C=Nc1ccc(F)cn1. The van der Waals surface area contributed by atoms with E-state index in [9.17, 15) is 4.39 Å². The number of nitrogens with zero attached hydrogens (tertiary/aromatic N) is 2. The lowest BCUT2D eigenvalue weighted by atomic mass is 10.3. The average molecular weight is 193 g/mol. The lowest BCUT2D eigenvalue weighted by molar-refractivity contribution is 0.621. The van der Waals surface area contributed by atoms with Crippen LogP contribution in [0.5, 0.6) is 0 Å². The average Bonchev–Trinajstić information content (AvgIpc) is 2.16. The van der Waals surface area contributed by atoms with E-state index in [1.54, 1.807) is 13.1 Å². The molecule has 0 saturated carbocycles. The second-order valence-corrected chi connectivity index (χ2v) is 2.96. The van der Waals surface area contributed by atoms with Crippen LogP contribution < -0.4 is 5.73 Å². The van der Waals surface area contributed by atoms with Gasteiger partial charge in [0.15, 0.2) is 5.82 Å². The first-order valence-electron chi connectivity index (χ1n) is 4.18. The van der Waals surface area contributed by atoms with Crippen LogP contribution in [0.2, 0.25) is 0 Å². The van der Waals surface area contributed by atoms with Crippen molar-refractivity contribution in [1.29, 1.82) is 0 Å². The Morgan fingerprint density at radius 3 is 2.71 bits per heavy atom. The summed E-state index contributed by atoms with van der Waals surface area (Å²) in [7, 11) is 0. The number of halogens is 1. The molecule has 1 aromatic rings. The molecule has 0 aliphatic heterocycles. The summed E-state index contributed by atoms with van der Waals surface area (Å²) in [5, 5.41) is 0. The summed E-state index contributed by atoms with van der Waals surface area (Å²) in [4.78, 5) is 7.80. The van der Waals surface area contributed by atoms with Gasteiger partial charge in [0.2, 0.25) is 0 Å². The molecule has 2 N–H and O–H groups in total. The largest absolute Gasteiger partial charge is 0.402 e. The Morgan fingerprint density at radius 1 is 1.50 bits per heavy atom. The Morgan fingerprint density at radius 2 is 2.21 bits per heavy atom. The van der Waals surface area contributed by atoms with Crippen molar-refractivity contribution in [3.05, 3.63) is 35.4 Å². The molecule has 0 amide bonds. The molecule has 1 rings (SSSR count). The molecule has 0 fully saturated rings. The van der Waals surface area contributed by atoms with Crippen molar-refractivity contribution >= 4 is 12.0 Å². The summed E-state index contributed by atoms with van der Waals surface area (Å²) in [5.74, 6) is 0.0956. The van der Waals surface area contributed by atoms with E-state index in [0.717, 1.165) is 11.8 Å². The zero-order valence-electron chi connectivity index (χ0n) is 8.16. The molecule has 0 spiro atoms. The Hall–Kier alpha value is -1.71. The fraction of sp³-hybridized carbons (Fsp3) is 0.200. The van der Waals surface area contributed by atoms with Gasteiger partial charge in [-0.25, -0.2) is 14.4 Å². The van der Waals surface area contributed by atoms with Crippen LogP contribution in [0.1, 0.15) is 13.8 Å². The predicted molar refractivity (Wildman–Crippen MR) is 54.9 cm³/mol. The van der Waals surface area contributed by atoms with Crippen LogP contribution >= 0.6 is 0 Å². The summed E-state index contributed by atoms with van der Waals surface area (Å²) < 4.78 is 12.5. The van der Waals surface area contributed by atoms with Crippen LogP contribution in [0.15, 0.2) is 34.6 Å². The zero-order valence-corrected chi connectivity index (χ0v) is 8.16. The van der Waals surface area contributed by atoms with Gasteiger partial charge in [-0.3, -0.25) is 0 Å². The summed E-state index contributed by atoms with van der Waals surface area (Å²) in [6, 6.07) is 2.82. The summed E-state index contributed by atoms with van der Waals surface area (Å²) in [6.45, 7) is 3.64. The normalized spacial score (nSPS) is 13.1. The number of allylic oxidation sites excluding steroid dienone is 2. The number of nitrogens with two attached hydrogens (primary N) is 1. The van der Waals surface area contributed by atoms with Gasteiger partial charge in [-0.05, 0) is 31.6 Å². The first-order chi connectivity index (χ1) is 6.59. The lowest BCUT2D eigenvalue weighted by Crippen LogP contribution is -1.96. The Bertz CT molecular complexity index is 361. The van der Waals surface area contributed by atoms with E-state index in [-0.39, 0.29) is 5.82 Å². The van der Waals surface area contributed by atoms with Crippen LogP contribution in [-0.2, 0) is 0 Å². The highest BCUT2D eigenvalue weighted by molar-refractivity contribution is 5.80. The van der Waals surface area contributed by atoms with E-state index in [2.05, 4.69) is 9.98 Å². The van der Waals surface area contributed by atoms with Crippen LogP contribution in [0.3, 0.4) is 0 Å². The molecule has 0 saturated heterocycles. The quantitative estimate of drug-likeness (QED) is 0.732. The molecule has 1 heterocycles. The van der Waals surface area contributed by atoms with Gasteiger partial charge in [0.1, 0.15) is 5.82 Å². The molecule has 0 atom stereocenters. The van der Waals surface area contributed by atoms with E-state index in [4.69, 9.17) is 5.73 Å². The van der Waals surface area contributed by atoms with Crippen molar-refractivity contribution in [3.8, 4) is 0 Å². The third kappa shape index (κ3) is 2.97. The number of hydrogen-bond acceptors (Lipinski definition) is 3. The molecule has 0 aliphatic rings. The first kappa shape index (κ1) is 10.4. The Balaban J connectivity index is 2.79. The van der Waals surface area contributed by atoms with E-state index in [1.165, 1.54) is 12.1 Å². The molecule has 4 heteroatoms. The van der Waals surface area contributed by atoms with Crippen molar-refractivity contribution in [3.63, 3.8) is 0 Å². The van der Waals surface area contributed by atoms with Crippen molar-refractivity contribution in [2.45, 2.75) is 13.8 Å². The highest BCUT2D eigenvalue weighted by atomic mass is 19.1. The van der Waals surface area contributed by atoms with Crippen LogP contribution in [-0.4, -0.2) is 11.2 Å². The van der Waals surface area contributed by atoms with Gasteiger partial charge in [0.25, 0.3) is 0 Å². The molecule has 0 radical (unpaired) electrons. The maximum absolute atomic E-state index is 12.5. The Kier molecular flexibility index (Phi) is 3.34. The molecule has 74 valence electrons. The van der Waals surface area contributed by atoms with Gasteiger partial charge in [-0.2, -0.15) is 0 Å². The first-order valence-corrected chi connectivity index (χ1v) is 4.18. The van der Waals surface area contributed by atoms with E-state index in [1.807, 2.05) is 6.92 Å². The van der Waals surface area contributed by atoms with Gasteiger partial charge >= 0.3 is 0 Å². The second-order valence-electron chi connectivity index (χ2n) is 2.96. The minimum Gasteiger partial charge on any atom is -0.402 e. The van der Waals surface area contributed by atoms with E-state index < -0.39 is 0 Å². The summed E-state index contributed by atoms with van der Waals surface area (Å²) in [6.07, 6.45) is 2.73. The molecule has 1 aromatic heterocycles. The topological polar surface area (TPSA) is 51.3 Å².